The Labute approximate surface area is 177 Å². The number of hydrogen-bond acceptors (Lipinski definition) is 4. The lowest BCUT2D eigenvalue weighted by molar-refractivity contribution is -0.750. The number of amidine groups is 1. The lowest BCUT2D eigenvalue weighted by Crippen LogP contribution is -2.53. The molecule has 2 aliphatic heterocycles. The molecule has 5 nitrogen and oxygen atoms in total. The molecule has 31 heavy (non-hydrogen) atoms. The Morgan fingerprint density at radius 2 is 1.77 bits per heavy atom. The Kier molecular flexibility index (Phi) is 3.74. The quantitative estimate of drug-likeness (QED) is 0.504. The predicted molar refractivity (Wildman–Crippen MR) is 120 cm³/mol. The van der Waals surface area contributed by atoms with Gasteiger partial charge in [0.15, 0.2) is 5.82 Å². The van der Waals surface area contributed by atoms with Gasteiger partial charge < -0.3 is 0 Å². The van der Waals surface area contributed by atoms with Gasteiger partial charge in [0.25, 0.3) is 5.84 Å². The number of aliphatic imine (C=N–C) groups is 2. The minimum atomic E-state index is -0.438. The fraction of sp³-hybridized carbons (Fsp3) is 0. The van der Waals surface area contributed by atoms with Crippen LogP contribution in [-0.4, -0.2) is 21.6 Å². The number of pyridine rings is 1. The molecule has 0 amide bonds. The third-order valence-corrected chi connectivity index (χ3v) is 5.73. The molecule has 0 saturated heterocycles. The molecule has 6 rings (SSSR count). The van der Waals surface area contributed by atoms with Crippen LogP contribution in [0.15, 0.2) is 112 Å². The molecule has 0 fully saturated rings. The second kappa shape index (κ2) is 6.50. The number of nitrogens with zero attached hydrogens (tertiary/aromatic N) is 4. The van der Waals surface area contributed by atoms with Crippen LogP contribution in [0.3, 0.4) is 0 Å². The average molecular weight is 406 g/mol. The first kappa shape index (κ1) is 17.8. The minimum Gasteiger partial charge on any atom is -0.253 e. The molecule has 3 aromatic rings. The smallest absolute Gasteiger partial charge is 0.253 e. The molecular weight excluding hydrogens is 389 g/mol. The highest BCUT2D eigenvalue weighted by Gasteiger charge is 2.46. The number of halogens is 1. The zero-order chi connectivity index (χ0) is 21.0. The monoisotopic (exact) mass is 406 g/mol. The van der Waals surface area contributed by atoms with Crippen molar-refractivity contribution in [2.24, 2.45) is 15.8 Å². The van der Waals surface area contributed by atoms with E-state index in [0.717, 1.165) is 16.5 Å². The maximum atomic E-state index is 15.9. The van der Waals surface area contributed by atoms with Crippen molar-refractivity contribution in [2.45, 2.75) is 0 Å². The number of aromatic nitrogens is 1. The maximum Gasteiger partial charge on any atom is 0.268 e. The molecule has 3 aliphatic rings. The van der Waals surface area contributed by atoms with Crippen LogP contribution >= 0.6 is 0 Å². The van der Waals surface area contributed by atoms with Gasteiger partial charge in [-0.1, -0.05) is 60.7 Å². The number of fused-ring (bicyclic) bond motifs is 2. The Morgan fingerprint density at radius 1 is 0.968 bits per heavy atom. The Hall–Kier alpha value is -4.00. The van der Waals surface area contributed by atoms with Gasteiger partial charge in [-0.05, 0) is 12.1 Å². The van der Waals surface area contributed by atoms with E-state index in [4.69, 9.17) is 10.8 Å². The first-order chi connectivity index (χ1) is 15.1. The number of benzene rings is 2. The summed E-state index contributed by atoms with van der Waals surface area (Å²) in [5.41, 5.74) is 4.62. The SMILES string of the molecule is N[N+]12C=CN=CC1=C(C1=CC=C1)N=C2c1ccc2ccc(-c3ccccc3)nc2c1F. The Balaban J connectivity index is 1.53. The molecule has 6 heteroatoms. The van der Waals surface area contributed by atoms with Crippen molar-refractivity contribution in [1.82, 2.24) is 4.98 Å². The van der Waals surface area contributed by atoms with E-state index in [9.17, 15) is 0 Å². The summed E-state index contributed by atoms with van der Waals surface area (Å²) in [5, 5.41) is 0.719. The molecule has 0 radical (unpaired) electrons. The molecule has 3 heterocycles. The zero-order valence-corrected chi connectivity index (χ0v) is 16.4. The van der Waals surface area contributed by atoms with E-state index in [-0.39, 0.29) is 4.59 Å². The molecule has 1 aliphatic carbocycles. The Morgan fingerprint density at radius 3 is 2.55 bits per heavy atom. The van der Waals surface area contributed by atoms with Crippen LogP contribution in [0.2, 0.25) is 0 Å². The summed E-state index contributed by atoms with van der Waals surface area (Å²) in [6.45, 7) is 0. The fourth-order valence-electron chi connectivity index (χ4n) is 4.02. The third-order valence-electron chi connectivity index (χ3n) is 5.73. The fourth-order valence-corrected chi connectivity index (χ4v) is 4.02. The van der Waals surface area contributed by atoms with Gasteiger partial charge in [0.2, 0.25) is 5.70 Å². The van der Waals surface area contributed by atoms with Gasteiger partial charge in [-0.2, -0.15) is 10.8 Å². The first-order valence-corrected chi connectivity index (χ1v) is 9.91. The van der Waals surface area contributed by atoms with Gasteiger partial charge >= 0.3 is 0 Å². The first-order valence-electron chi connectivity index (χ1n) is 9.91. The minimum absolute atomic E-state index is 0.231. The van der Waals surface area contributed by atoms with Gasteiger partial charge in [0, 0.05) is 16.5 Å². The summed E-state index contributed by atoms with van der Waals surface area (Å²) in [6.07, 6.45) is 10.8. The van der Waals surface area contributed by atoms with E-state index in [1.807, 2.05) is 66.8 Å². The van der Waals surface area contributed by atoms with Gasteiger partial charge in [-0.3, -0.25) is 4.99 Å². The molecule has 148 valence electrons. The highest BCUT2D eigenvalue weighted by atomic mass is 19.1. The van der Waals surface area contributed by atoms with E-state index in [1.54, 1.807) is 24.7 Å². The molecule has 2 aromatic carbocycles. The van der Waals surface area contributed by atoms with E-state index in [2.05, 4.69) is 9.98 Å². The molecule has 2 N–H and O–H groups in total. The van der Waals surface area contributed by atoms with Crippen molar-refractivity contribution in [3.05, 3.63) is 114 Å². The molecule has 0 bridgehead atoms. The van der Waals surface area contributed by atoms with Crippen molar-refractivity contribution in [2.75, 3.05) is 0 Å². The maximum absolute atomic E-state index is 15.9. The van der Waals surface area contributed by atoms with Crippen LogP contribution in [0.4, 0.5) is 4.39 Å². The topological polar surface area (TPSA) is 63.6 Å². The van der Waals surface area contributed by atoms with E-state index in [0.29, 0.717) is 34.0 Å². The van der Waals surface area contributed by atoms with Crippen molar-refractivity contribution in [3.63, 3.8) is 0 Å². The molecule has 0 spiro atoms. The summed E-state index contributed by atoms with van der Waals surface area (Å²) in [4.78, 5) is 13.6. The van der Waals surface area contributed by atoms with E-state index >= 15 is 4.39 Å². The highest BCUT2D eigenvalue weighted by molar-refractivity contribution is 6.03. The van der Waals surface area contributed by atoms with Crippen LogP contribution < -0.4 is 5.84 Å². The predicted octanol–water partition coefficient (Wildman–Crippen LogP) is 4.76. The van der Waals surface area contributed by atoms with Gasteiger partial charge in [-0.15, -0.1) is 4.59 Å². The van der Waals surface area contributed by atoms with Crippen LogP contribution in [0.5, 0.6) is 0 Å². The number of nitrogens with two attached hydrogens (primary N) is 1. The standard InChI is InChI=1S/C25H17FN5/c26-22-19(11-9-18-10-12-20(29-24(18)22)16-5-2-1-3-6-16)25-30-23(17-7-4-8-17)21-15-28-13-14-31(21,25)27/h1-15H,27H2/q+1. The normalized spacial score (nSPS) is 21.2. The summed E-state index contributed by atoms with van der Waals surface area (Å²) < 4.78 is 15.6. The van der Waals surface area contributed by atoms with Gasteiger partial charge in [0.05, 0.1) is 23.7 Å². The second-order valence-corrected chi connectivity index (χ2v) is 7.57. The van der Waals surface area contributed by atoms with E-state index < -0.39 is 5.82 Å². The lowest BCUT2D eigenvalue weighted by atomic mass is 10.0. The van der Waals surface area contributed by atoms with Gasteiger partial charge in [-0.25, -0.2) is 9.37 Å². The number of rotatable bonds is 3. The van der Waals surface area contributed by atoms with E-state index in [1.165, 1.54) is 0 Å². The summed E-state index contributed by atoms with van der Waals surface area (Å²) in [7, 11) is 0. The summed E-state index contributed by atoms with van der Waals surface area (Å²) in [6, 6.07) is 17.1. The second-order valence-electron chi connectivity index (χ2n) is 7.57. The summed E-state index contributed by atoms with van der Waals surface area (Å²) in [5.74, 6) is 6.68. The van der Waals surface area contributed by atoms with Crippen molar-refractivity contribution in [1.29, 1.82) is 0 Å². The molecule has 1 aromatic heterocycles. The van der Waals surface area contributed by atoms with Crippen molar-refractivity contribution >= 4 is 23.0 Å². The average Bonchev–Trinajstić information content (AvgIpc) is 3.06. The lowest BCUT2D eigenvalue weighted by Gasteiger charge is -2.26. The van der Waals surface area contributed by atoms with Crippen LogP contribution in [0, 0.1) is 5.82 Å². The van der Waals surface area contributed by atoms with Crippen LogP contribution in [0.1, 0.15) is 5.56 Å². The Bertz CT molecular complexity index is 1440. The van der Waals surface area contributed by atoms with Gasteiger partial charge in [0.1, 0.15) is 17.4 Å². The molecule has 1 unspecified atom stereocenters. The molecule has 0 saturated carbocycles. The zero-order valence-electron chi connectivity index (χ0n) is 16.4. The highest BCUT2D eigenvalue weighted by Crippen LogP contribution is 2.37. The largest absolute Gasteiger partial charge is 0.268 e. The van der Waals surface area contributed by atoms with Crippen molar-refractivity contribution < 1.29 is 8.98 Å². The molecular formula is C25H17FN5+. The summed E-state index contributed by atoms with van der Waals surface area (Å²) >= 11 is 0. The number of allylic oxidation sites excluding steroid dienone is 4. The van der Waals surface area contributed by atoms with Crippen LogP contribution in [0.25, 0.3) is 22.2 Å². The van der Waals surface area contributed by atoms with Crippen LogP contribution in [-0.2, 0) is 0 Å². The molecule has 1 atom stereocenters. The van der Waals surface area contributed by atoms with Crippen molar-refractivity contribution in [3.8, 4) is 11.3 Å². The number of hydrogen-bond donors (Lipinski definition) is 1. The number of quaternary nitrogens is 1. The third kappa shape index (κ3) is 2.59.